The van der Waals surface area contributed by atoms with Crippen LogP contribution in [-0.2, 0) is 16.8 Å². The molecule has 1 fully saturated rings. The first-order valence-electron chi connectivity index (χ1n) is 7.36. The highest BCUT2D eigenvalue weighted by atomic mass is 16.3. The monoisotopic (exact) mass is 274 g/mol. The third-order valence-corrected chi connectivity index (χ3v) is 4.69. The molecule has 0 aromatic heterocycles. The number of benzene rings is 1. The van der Waals surface area contributed by atoms with Crippen molar-refractivity contribution in [2.75, 3.05) is 20.2 Å². The molecule has 108 valence electrons. The van der Waals surface area contributed by atoms with E-state index in [-0.39, 0.29) is 12.5 Å². The van der Waals surface area contributed by atoms with Crippen molar-refractivity contribution in [3.05, 3.63) is 35.4 Å². The molecule has 2 aliphatic rings. The lowest BCUT2D eigenvalue weighted by molar-refractivity contribution is -0.129. The Morgan fingerprint density at radius 2 is 2.20 bits per heavy atom. The Kier molecular flexibility index (Phi) is 3.52. The van der Waals surface area contributed by atoms with Crippen molar-refractivity contribution in [3.8, 4) is 0 Å². The highest BCUT2D eigenvalue weighted by Crippen LogP contribution is 2.36. The highest BCUT2D eigenvalue weighted by Gasteiger charge is 2.38. The van der Waals surface area contributed by atoms with E-state index in [1.807, 2.05) is 24.1 Å². The van der Waals surface area contributed by atoms with Crippen LogP contribution in [0.15, 0.2) is 24.3 Å². The second-order valence-corrected chi connectivity index (χ2v) is 5.99. The molecule has 1 aromatic rings. The molecular weight excluding hydrogens is 252 g/mol. The average molecular weight is 274 g/mol. The number of nitrogens with one attached hydrogen (secondary N) is 1. The number of aryl methyl sites for hydroxylation is 1. The topological polar surface area (TPSA) is 52.6 Å². The number of hydrogen-bond donors (Lipinski definition) is 2. The molecule has 1 saturated carbocycles. The van der Waals surface area contributed by atoms with Crippen molar-refractivity contribution >= 4 is 5.91 Å². The van der Waals surface area contributed by atoms with E-state index in [0.717, 1.165) is 31.2 Å². The fourth-order valence-electron chi connectivity index (χ4n) is 3.13. The number of hydrogen-bond acceptors (Lipinski definition) is 3. The number of amides is 1. The van der Waals surface area contributed by atoms with Crippen molar-refractivity contribution in [1.82, 2.24) is 10.2 Å². The molecule has 0 spiro atoms. The normalized spacial score (nSPS) is 24.5. The van der Waals surface area contributed by atoms with E-state index >= 15 is 0 Å². The predicted octanol–water partition coefficient (Wildman–Crippen LogP) is 1.03. The van der Waals surface area contributed by atoms with Gasteiger partial charge in [0.2, 0.25) is 5.91 Å². The number of likely N-dealkylation sites (N-methyl/N-ethyl adjacent to an activating group) is 1. The van der Waals surface area contributed by atoms with Crippen molar-refractivity contribution in [3.63, 3.8) is 0 Å². The largest absolute Gasteiger partial charge is 0.394 e. The zero-order valence-electron chi connectivity index (χ0n) is 11.9. The molecule has 0 bridgehead atoms. The summed E-state index contributed by atoms with van der Waals surface area (Å²) in [6, 6.07) is 8.62. The average Bonchev–Trinajstić information content (AvgIpc) is 3.27. The number of fused-ring (bicyclic) bond motifs is 1. The lowest BCUT2D eigenvalue weighted by atomic mass is 9.92. The maximum absolute atomic E-state index is 12.1. The van der Waals surface area contributed by atoms with Gasteiger partial charge in [-0.15, -0.1) is 0 Å². The van der Waals surface area contributed by atoms with Gasteiger partial charge in [0.15, 0.2) is 0 Å². The summed E-state index contributed by atoms with van der Waals surface area (Å²) in [6.07, 6.45) is 4.05. The Bertz CT molecular complexity index is 513. The molecular formula is C16H22N2O2. The molecule has 0 saturated heterocycles. The molecule has 20 heavy (non-hydrogen) atoms. The van der Waals surface area contributed by atoms with Gasteiger partial charge in [-0.05, 0) is 36.8 Å². The Morgan fingerprint density at radius 3 is 2.90 bits per heavy atom. The Hall–Kier alpha value is -1.39. The summed E-state index contributed by atoms with van der Waals surface area (Å²) in [4.78, 5) is 14.0. The molecule has 1 atom stereocenters. The van der Waals surface area contributed by atoms with Crippen LogP contribution >= 0.6 is 0 Å². The number of rotatable bonds is 5. The fraction of sp³-hybridized carbons (Fsp3) is 0.562. The molecule has 4 heteroatoms. The number of nitrogens with zero attached hydrogens (tertiary/aromatic N) is 1. The van der Waals surface area contributed by atoms with Crippen molar-refractivity contribution in [1.29, 1.82) is 0 Å². The number of carbonyl (C=O) groups excluding carboxylic acids is 1. The van der Waals surface area contributed by atoms with Gasteiger partial charge in [-0.25, -0.2) is 0 Å². The van der Waals surface area contributed by atoms with E-state index in [1.54, 1.807) is 0 Å². The third kappa shape index (κ3) is 2.34. The minimum absolute atomic E-state index is 0.0322. The summed E-state index contributed by atoms with van der Waals surface area (Å²) in [6.45, 7) is 0.326. The summed E-state index contributed by atoms with van der Waals surface area (Å²) in [5.74, 6) is 0.115. The summed E-state index contributed by atoms with van der Waals surface area (Å²) in [5, 5.41) is 13.2. The summed E-state index contributed by atoms with van der Waals surface area (Å²) >= 11 is 0. The maximum Gasteiger partial charge on any atom is 0.236 e. The minimum Gasteiger partial charge on any atom is -0.394 e. The lowest BCUT2D eigenvalue weighted by Crippen LogP contribution is -2.48. The molecule has 1 amide bonds. The van der Waals surface area contributed by atoms with Crippen LogP contribution in [-0.4, -0.2) is 42.2 Å². The van der Waals surface area contributed by atoms with Crippen molar-refractivity contribution in [2.45, 2.75) is 37.3 Å². The zero-order chi connectivity index (χ0) is 14.2. The van der Waals surface area contributed by atoms with Crippen LogP contribution < -0.4 is 5.32 Å². The van der Waals surface area contributed by atoms with Gasteiger partial charge < -0.3 is 10.0 Å². The molecule has 1 aromatic carbocycles. The van der Waals surface area contributed by atoms with Crippen molar-refractivity contribution < 1.29 is 9.90 Å². The van der Waals surface area contributed by atoms with Crippen LogP contribution in [0.5, 0.6) is 0 Å². The zero-order valence-corrected chi connectivity index (χ0v) is 11.9. The third-order valence-electron chi connectivity index (χ3n) is 4.69. The first-order chi connectivity index (χ1) is 9.66. The van der Waals surface area contributed by atoms with Gasteiger partial charge in [0.05, 0.1) is 18.7 Å². The molecule has 0 radical (unpaired) electrons. The number of aliphatic hydroxyl groups excluding tert-OH is 1. The minimum atomic E-state index is -0.448. The summed E-state index contributed by atoms with van der Waals surface area (Å²) in [7, 11) is 1.87. The van der Waals surface area contributed by atoms with Crippen LogP contribution in [0, 0.1) is 0 Å². The van der Waals surface area contributed by atoms with E-state index in [4.69, 9.17) is 0 Å². The van der Waals surface area contributed by atoms with Crippen LogP contribution in [0.3, 0.4) is 0 Å². The van der Waals surface area contributed by atoms with Crippen LogP contribution in [0.25, 0.3) is 0 Å². The second kappa shape index (κ2) is 5.19. The first kappa shape index (κ1) is 13.6. The molecule has 0 heterocycles. The van der Waals surface area contributed by atoms with Crippen LogP contribution in [0.4, 0.5) is 0 Å². The van der Waals surface area contributed by atoms with E-state index in [1.165, 1.54) is 5.56 Å². The smallest absolute Gasteiger partial charge is 0.236 e. The lowest BCUT2D eigenvalue weighted by Gasteiger charge is -2.30. The Labute approximate surface area is 119 Å². The Morgan fingerprint density at radius 1 is 1.45 bits per heavy atom. The molecule has 2 aliphatic carbocycles. The molecule has 1 unspecified atom stereocenters. The summed E-state index contributed by atoms with van der Waals surface area (Å²) in [5.41, 5.74) is 1.97. The number of aliphatic hydroxyl groups is 1. The standard InChI is InChI=1S/C16H22N2O2/c1-18(13-6-7-13)15(20)10-17-16(11-19)9-8-12-4-2-3-5-14(12)16/h2-5,13,17,19H,6-11H2,1H3. The van der Waals surface area contributed by atoms with Gasteiger partial charge >= 0.3 is 0 Å². The van der Waals surface area contributed by atoms with Crippen LogP contribution in [0.1, 0.15) is 30.4 Å². The van der Waals surface area contributed by atoms with E-state index in [9.17, 15) is 9.90 Å². The molecule has 2 N–H and O–H groups in total. The van der Waals surface area contributed by atoms with Gasteiger partial charge in [0.1, 0.15) is 0 Å². The van der Waals surface area contributed by atoms with Gasteiger partial charge in [-0.3, -0.25) is 10.1 Å². The molecule has 3 rings (SSSR count). The van der Waals surface area contributed by atoms with Gasteiger partial charge in [0.25, 0.3) is 0 Å². The van der Waals surface area contributed by atoms with Gasteiger partial charge in [-0.1, -0.05) is 24.3 Å². The molecule has 4 nitrogen and oxygen atoms in total. The van der Waals surface area contributed by atoms with Crippen molar-refractivity contribution in [2.24, 2.45) is 0 Å². The Balaban J connectivity index is 1.70. The van der Waals surface area contributed by atoms with Gasteiger partial charge in [-0.2, -0.15) is 0 Å². The number of carbonyl (C=O) groups is 1. The van der Waals surface area contributed by atoms with E-state index in [0.29, 0.717) is 12.6 Å². The van der Waals surface area contributed by atoms with Crippen LogP contribution in [0.2, 0.25) is 0 Å². The predicted molar refractivity (Wildman–Crippen MR) is 77.3 cm³/mol. The van der Waals surface area contributed by atoms with E-state index in [2.05, 4.69) is 17.4 Å². The quantitative estimate of drug-likeness (QED) is 0.843. The molecule has 0 aliphatic heterocycles. The second-order valence-electron chi connectivity index (χ2n) is 5.99. The SMILES string of the molecule is CN(C(=O)CNC1(CO)CCc2ccccc21)C1CC1. The first-order valence-corrected chi connectivity index (χ1v) is 7.36. The van der Waals surface area contributed by atoms with Gasteiger partial charge in [0, 0.05) is 13.1 Å². The maximum atomic E-state index is 12.1. The highest BCUT2D eigenvalue weighted by molar-refractivity contribution is 5.78. The fourth-order valence-corrected chi connectivity index (χ4v) is 3.13. The summed E-state index contributed by atoms with van der Waals surface area (Å²) < 4.78 is 0. The van der Waals surface area contributed by atoms with E-state index < -0.39 is 5.54 Å².